The normalized spacial score (nSPS) is 15.7. The molecule has 0 N–H and O–H groups in total. The van der Waals surface area contributed by atoms with Crippen molar-refractivity contribution < 1.29 is 4.79 Å². The molecule has 7 nitrogen and oxygen atoms in total. The highest BCUT2D eigenvalue weighted by Crippen LogP contribution is 2.29. The van der Waals surface area contributed by atoms with Crippen LogP contribution in [0, 0.1) is 0 Å². The van der Waals surface area contributed by atoms with Crippen molar-refractivity contribution in [1.29, 1.82) is 0 Å². The molecule has 1 fully saturated rings. The number of aromatic nitrogens is 3. The molecule has 2 aromatic carbocycles. The standard InChI is InChI=1S/C20H17Cl2N5O2S/c21-15-7-6-13(12-16(15)22)23-20-26(9-3-11-30-20)18(28)8-10-27-19(29)14-4-1-2-5-17(14)24-25-27/h1-2,4-7,12H,3,8-11H2. The third kappa shape index (κ3) is 4.50. The van der Waals surface area contributed by atoms with E-state index in [9.17, 15) is 9.59 Å². The van der Waals surface area contributed by atoms with Gasteiger partial charge in [-0.25, -0.2) is 9.67 Å². The minimum absolute atomic E-state index is 0.119. The number of hydrogen-bond donors (Lipinski definition) is 0. The Hall–Kier alpha value is -2.42. The Balaban J connectivity index is 1.51. The van der Waals surface area contributed by atoms with E-state index in [2.05, 4.69) is 15.3 Å². The van der Waals surface area contributed by atoms with Gasteiger partial charge in [0.15, 0.2) is 5.17 Å². The number of fused-ring (bicyclic) bond motifs is 1. The summed E-state index contributed by atoms with van der Waals surface area (Å²) in [6.45, 7) is 0.723. The van der Waals surface area contributed by atoms with Crippen molar-refractivity contribution >= 4 is 62.6 Å². The van der Waals surface area contributed by atoms with Crippen molar-refractivity contribution in [3.05, 3.63) is 62.9 Å². The number of nitrogens with zero attached hydrogens (tertiary/aromatic N) is 5. The summed E-state index contributed by atoms with van der Waals surface area (Å²) >= 11 is 13.5. The molecular weight excluding hydrogens is 445 g/mol. The molecule has 1 aromatic heterocycles. The zero-order valence-corrected chi connectivity index (χ0v) is 18.1. The first-order valence-corrected chi connectivity index (χ1v) is 11.1. The third-order valence-corrected chi connectivity index (χ3v) is 6.39. The van der Waals surface area contributed by atoms with Gasteiger partial charge in [-0.1, -0.05) is 52.3 Å². The van der Waals surface area contributed by atoms with E-state index in [0.29, 0.717) is 38.3 Å². The van der Waals surface area contributed by atoms with Gasteiger partial charge < -0.3 is 0 Å². The number of carbonyl (C=O) groups excluding carboxylic acids is 1. The van der Waals surface area contributed by atoms with Crippen molar-refractivity contribution in [1.82, 2.24) is 19.9 Å². The zero-order valence-electron chi connectivity index (χ0n) is 15.8. The average Bonchev–Trinajstić information content (AvgIpc) is 2.76. The number of halogens is 2. The van der Waals surface area contributed by atoms with Crippen molar-refractivity contribution in [2.45, 2.75) is 19.4 Å². The second-order valence-corrected chi connectivity index (χ2v) is 8.50. The van der Waals surface area contributed by atoms with Gasteiger partial charge in [-0.05, 0) is 36.8 Å². The van der Waals surface area contributed by atoms with Gasteiger partial charge in [-0.3, -0.25) is 14.5 Å². The lowest BCUT2D eigenvalue weighted by Crippen LogP contribution is -2.40. The molecule has 0 bridgehead atoms. The molecule has 0 radical (unpaired) electrons. The van der Waals surface area contributed by atoms with Crippen LogP contribution in [0.25, 0.3) is 10.9 Å². The molecule has 3 aromatic rings. The fraction of sp³-hybridized carbons (Fsp3) is 0.250. The Morgan fingerprint density at radius 3 is 2.83 bits per heavy atom. The minimum Gasteiger partial charge on any atom is -0.291 e. The van der Waals surface area contributed by atoms with Gasteiger partial charge in [-0.2, -0.15) is 0 Å². The Morgan fingerprint density at radius 1 is 1.17 bits per heavy atom. The molecule has 154 valence electrons. The molecule has 4 rings (SSSR count). The summed E-state index contributed by atoms with van der Waals surface area (Å²) in [6.07, 6.45) is 0.987. The lowest BCUT2D eigenvalue weighted by atomic mass is 10.2. The highest BCUT2D eigenvalue weighted by molar-refractivity contribution is 8.13. The third-order valence-electron chi connectivity index (χ3n) is 4.58. The molecule has 1 aliphatic rings. The van der Waals surface area contributed by atoms with Crippen LogP contribution in [0.3, 0.4) is 0 Å². The number of hydrogen-bond acceptors (Lipinski definition) is 6. The monoisotopic (exact) mass is 461 g/mol. The maximum atomic E-state index is 12.9. The van der Waals surface area contributed by atoms with E-state index < -0.39 is 0 Å². The van der Waals surface area contributed by atoms with Gasteiger partial charge in [-0.15, -0.1) is 5.10 Å². The van der Waals surface area contributed by atoms with Gasteiger partial charge in [0.1, 0.15) is 5.52 Å². The summed E-state index contributed by atoms with van der Waals surface area (Å²) in [5.41, 5.74) is 0.905. The summed E-state index contributed by atoms with van der Waals surface area (Å²) in [7, 11) is 0. The molecule has 0 unspecified atom stereocenters. The largest absolute Gasteiger partial charge is 0.291 e. The number of aliphatic imine (C=N–C) groups is 1. The van der Waals surface area contributed by atoms with Crippen molar-refractivity contribution in [3.63, 3.8) is 0 Å². The van der Waals surface area contributed by atoms with E-state index in [4.69, 9.17) is 23.2 Å². The summed E-state index contributed by atoms with van der Waals surface area (Å²) < 4.78 is 1.23. The molecule has 1 amide bonds. The molecule has 30 heavy (non-hydrogen) atoms. The Bertz CT molecular complexity index is 1200. The van der Waals surface area contributed by atoms with E-state index in [1.807, 2.05) is 0 Å². The van der Waals surface area contributed by atoms with Crippen LogP contribution in [0.15, 0.2) is 52.3 Å². The molecule has 1 saturated heterocycles. The molecule has 10 heteroatoms. The van der Waals surface area contributed by atoms with Crippen molar-refractivity contribution in [2.24, 2.45) is 4.99 Å². The van der Waals surface area contributed by atoms with E-state index in [-0.39, 0.29) is 24.4 Å². The first-order valence-electron chi connectivity index (χ1n) is 9.32. The van der Waals surface area contributed by atoms with Crippen molar-refractivity contribution in [2.75, 3.05) is 12.3 Å². The quantitative estimate of drug-likeness (QED) is 0.582. The molecular formula is C20H17Cl2N5O2S. The highest BCUT2D eigenvalue weighted by Gasteiger charge is 2.24. The predicted octanol–water partition coefficient (Wildman–Crippen LogP) is 4.14. The van der Waals surface area contributed by atoms with Crippen LogP contribution >= 0.6 is 35.0 Å². The number of amidine groups is 1. The smallest absolute Gasteiger partial charge is 0.277 e. The van der Waals surface area contributed by atoms with E-state index in [1.54, 1.807) is 47.4 Å². The van der Waals surface area contributed by atoms with Crippen molar-refractivity contribution in [3.8, 4) is 0 Å². The SMILES string of the molecule is O=C(CCn1nnc2ccccc2c1=O)N1CCCSC1=Nc1ccc(Cl)c(Cl)c1. The fourth-order valence-electron chi connectivity index (χ4n) is 3.05. The Morgan fingerprint density at radius 2 is 2.00 bits per heavy atom. The maximum absolute atomic E-state index is 12.9. The van der Waals surface area contributed by atoms with Gasteiger partial charge in [0.05, 0.1) is 27.7 Å². The van der Waals surface area contributed by atoms with Gasteiger partial charge in [0.2, 0.25) is 5.91 Å². The van der Waals surface area contributed by atoms with Crippen LogP contribution in [-0.4, -0.2) is 43.3 Å². The lowest BCUT2D eigenvalue weighted by molar-refractivity contribution is -0.127. The van der Waals surface area contributed by atoms with Crippen LogP contribution in [0.2, 0.25) is 10.0 Å². The Labute approximate surface area is 186 Å². The number of carbonyl (C=O) groups is 1. The topological polar surface area (TPSA) is 80.4 Å². The average molecular weight is 462 g/mol. The number of rotatable bonds is 4. The Kier molecular flexibility index (Phi) is 6.36. The summed E-state index contributed by atoms with van der Waals surface area (Å²) in [5.74, 6) is 0.752. The van der Waals surface area contributed by atoms with Crippen LogP contribution in [0.1, 0.15) is 12.8 Å². The number of aryl methyl sites for hydroxylation is 1. The molecule has 0 saturated carbocycles. The van der Waals surface area contributed by atoms with Crippen LogP contribution in [0.5, 0.6) is 0 Å². The number of thioether (sulfide) groups is 1. The first kappa shape index (κ1) is 20.8. The molecule has 0 aliphatic carbocycles. The number of amides is 1. The molecule has 2 heterocycles. The van der Waals surface area contributed by atoms with E-state index >= 15 is 0 Å². The minimum atomic E-state index is -0.258. The second-order valence-electron chi connectivity index (χ2n) is 6.63. The van der Waals surface area contributed by atoms with Gasteiger partial charge in [0.25, 0.3) is 5.56 Å². The zero-order chi connectivity index (χ0) is 21.1. The fourth-order valence-corrected chi connectivity index (χ4v) is 4.32. The maximum Gasteiger partial charge on any atom is 0.277 e. The predicted molar refractivity (Wildman–Crippen MR) is 121 cm³/mol. The molecule has 0 atom stereocenters. The van der Waals surface area contributed by atoms with Crippen LogP contribution in [-0.2, 0) is 11.3 Å². The summed E-state index contributed by atoms with van der Waals surface area (Å²) in [5, 5.41) is 9.96. The molecule has 0 spiro atoms. The lowest BCUT2D eigenvalue weighted by Gasteiger charge is -2.27. The van der Waals surface area contributed by atoms with Crippen LogP contribution < -0.4 is 5.56 Å². The van der Waals surface area contributed by atoms with Gasteiger partial charge >= 0.3 is 0 Å². The second kappa shape index (κ2) is 9.16. The van der Waals surface area contributed by atoms with E-state index in [0.717, 1.165) is 12.2 Å². The highest BCUT2D eigenvalue weighted by atomic mass is 35.5. The van der Waals surface area contributed by atoms with E-state index in [1.165, 1.54) is 16.4 Å². The summed E-state index contributed by atoms with van der Waals surface area (Å²) in [6, 6.07) is 12.1. The molecule has 1 aliphatic heterocycles. The first-order chi connectivity index (χ1) is 14.5. The number of benzene rings is 2. The van der Waals surface area contributed by atoms with Crippen LogP contribution in [0.4, 0.5) is 5.69 Å². The van der Waals surface area contributed by atoms with Gasteiger partial charge in [0, 0.05) is 18.7 Å². The summed E-state index contributed by atoms with van der Waals surface area (Å²) in [4.78, 5) is 31.7.